The van der Waals surface area contributed by atoms with Crippen molar-refractivity contribution >= 4 is 5.97 Å². The summed E-state index contributed by atoms with van der Waals surface area (Å²) in [6, 6.07) is 3.71. The number of carbonyl (C=O) groups excluding carboxylic acids is 1. The van der Waals surface area contributed by atoms with Crippen LogP contribution in [-0.2, 0) is 11.2 Å². The van der Waals surface area contributed by atoms with Gasteiger partial charge in [-0.05, 0) is 36.8 Å². The summed E-state index contributed by atoms with van der Waals surface area (Å²) in [5, 5.41) is 6.94. The van der Waals surface area contributed by atoms with Crippen LogP contribution in [-0.4, -0.2) is 22.8 Å². The van der Waals surface area contributed by atoms with Crippen LogP contribution < -0.4 is 0 Å². The van der Waals surface area contributed by atoms with E-state index in [2.05, 4.69) is 10.2 Å². The molecule has 2 aromatic rings. The fourth-order valence-electron chi connectivity index (χ4n) is 3.68. The number of carbonyl (C=O) groups is 1. The van der Waals surface area contributed by atoms with E-state index in [1.165, 1.54) is 12.1 Å². The van der Waals surface area contributed by atoms with Crippen molar-refractivity contribution in [2.24, 2.45) is 5.92 Å². The molecule has 2 aliphatic carbocycles. The molecule has 0 saturated heterocycles. The van der Waals surface area contributed by atoms with E-state index >= 15 is 0 Å². The molecule has 1 aromatic heterocycles. The van der Waals surface area contributed by atoms with Gasteiger partial charge in [0.15, 0.2) is 5.69 Å². The van der Waals surface area contributed by atoms with Gasteiger partial charge in [-0.1, -0.05) is 6.07 Å². The number of aromatic nitrogens is 2. The van der Waals surface area contributed by atoms with E-state index in [4.69, 9.17) is 4.74 Å². The quantitative estimate of drug-likeness (QED) is 0.887. The van der Waals surface area contributed by atoms with Crippen LogP contribution in [0.2, 0.25) is 0 Å². The number of benzene rings is 1. The molecule has 1 N–H and O–H groups in total. The van der Waals surface area contributed by atoms with Crippen molar-refractivity contribution in [3.8, 4) is 0 Å². The van der Waals surface area contributed by atoms with Crippen LogP contribution in [0.25, 0.3) is 0 Å². The Hall–Kier alpha value is -2.24. The molecule has 4 rings (SSSR count). The lowest BCUT2D eigenvalue weighted by Gasteiger charge is -2.06. The van der Waals surface area contributed by atoms with Gasteiger partial charge in [-0.3, -0.25) is 5.10 Å². The fourth-order valence-corrected chi connectivity index (χ4v) is 3.68. The summed E-state index contributed by atoms with van der Waals surface area (Å²) in [5.41, 5.74) is 2.64. The number of fused-ring (bicyclic) bond motifs is 3. The Kier molecular flexibility index (Phi) is 2.82. The van der Waals surface area contributed by atoms with Crippen LogP contribution in [0.1, 0.15) is 46.1 Å². The second-order valence-corrected chi connectivity index (χ2v) is 5.77. The first-order chi connectivity index (χ1) is 10.6. The molecule has 0 radical (unpaired) electrons. The maximum absolute atomic E-state index is 13.9. The van der Waals surface area contributed by atoms with E-state index < -0.39 is 17.6 Å². The zero-order valence-electron chi connectivity index (χ0n) is 11.9. The van der Waals surface area contributed by atoms with Gasteiger partial charge in [0.05, 0.1) is 6.61 Å². The van der Waals surface area contributed by atoms with Gasteiger partial charge >= 0.3 is 5.97 Å². The van der Waals surface area contributed by atoms with Gasteiger partial charge in [0.25, 0.3) is 0 Å². The molecule has 22 heavy (non-hydrogen) atoms. The van der Waals surface area contributed by atoms with Crippen LogP contribution in [0.15, 0.2) is 18.2 Å². The molecule has 0 amide bonds. The highest BCUT2D eigenvalue weighted by molar-refractivity contribution is 5.89. The molecule has 1 fully saturated rings. The van der Waals surface area contributed by atoms with Gasteiger partial charge in [-0.2, -0.15) is 5.10 Å². The third kappa shape index (κ3) is 1.79. The Morgan fingerprint density at radius 1 is 1.41 bits per heavy atom. The Balaban J connectivity index is 1.62. The molecule has 3 atom stereocenters. The normalized spacial score (nSPS) is 24.8. The first-order valence-corrected chi connectivity index (χ1v) is 7.31. The van der Waals surface area contributed by atoms with Gasteiger partial charge in [0.1, 0.15) is 11.6 Å². The predicted octanol–water partition coefficient (Wildman–Crippen LogP) is 2.92. The minimum absolute atomic E-state index is 0.0311. The van der Waals surface area contributed by atoms with Crippen molar-refractivity contribution in [3.05, 3.63) is 52.3 Å². The van der Waals surface area contributed by atoms with Crippen molar-refractivity contribution < 1.29 is 18.3 Å². The summed E-state index contributed by atoms with van der Waals surface area (Å²) in [7, 11) is 0. The molecule has 0 aliphatic heterocycles. The number of hydrogen-bond acceptors (Lipinski definition) is 3. The van der Waals surface area contributed by atoms with Crippen molar-refractivity contribution in [3.63, 3.8) is 0 Å². The number of hydrogen-bond donors (Lipinski definition) is 1. The Morgan fingerprint density at radius 2 is 2.23 bits per heavy atom. The highest BCUT2D eigenvalue weighted by atomic mass is 19.1. The molecule has 3 unspecified atom stereocenters. The number of aromatic amines is 1. The molecular formula is C16H14F2N2O2. The molecule has 1 saturated carbocycles. The minimum atomic E-state index is -0.570. The number of halogens is 2. The molecule has 0 bridgehead atoms. The number of esters is 1. The monoisotopic (exact) mass is 304 g/mol. The van der Waals surface area contributed by atoms with E-state index in [0.717, 1.165) is 17.3 Å². The summed E-state index contributed by atoms with van der Waals surface area (Å²) in [4.78, 5) is 11.8. The van der Waals surface area contributed by atoms with Crippen LogP contribution in [0.3, 0.4) is 0 Å². The van der Waals surface area contributed by atoms with Gasteiger partial charge in [0, 0.05) is 23.2 Å². The lowest BCUT2D eigenvalue weighted by atomic mass is 10.00. The SMILES string of the molecule is CCOC(=O)c1n[nH]c2c1CC1C(c3ccc(F)cc3F)C21. The lowest BCUT2D eigenvalue weighted by Crippen LogP contribution is -2.08. The minimum Gasteiger partial charge on any atom is -0.461 e. The molecule has 1 aromatic carbocycles. The standard InChI is InChI=1S/C16H14F2N2O2/c1-2-22-16(21)15-10-6-9-12(13(9)14(10)19-20-15)8-4-3-7(17)5-11(8)18/h3-5,9,12-13H,2,6H2,1H3,(H,19,20). The molecule has 4 nitrogen and oxygen atoms in total. The van der Waals surface area contributed by atoms with Crippen LogP contribution in [0.4, 0.5) is 8.78 Å². The first-order valence-electron chi connectivity index (χ1n) is 7.31. The summed E-state index contributed by atoms with van der Waals surface area (Å²) >= 11 is 0. The smallest absolute Gasteiger partial charge is 0.359 e. The third-order valence-corrected chi connectivity index (χ3v) is 4.63. The molecule has 0 spiro atoms. The highest BCUT2D eigenvalue weighted by Crippen LogP contribution is 2.66. The average Bonchev–Trinajstić information content (AvgIpc) is 2.83. The predicted molar refractivity (Wildman–Crippen MR) is 73.6 cm³/mol. The van der Waals surface area contributed by atoms with E-state index in [1.54, 1.807) is 6.92 Å². The lowest BCUT2D eigenvalue weighted by molar-refractivity contribution is 0.0518. The van der Waals surface area contributed by atoms with Gasteiger partial charge < -0.3 is 4.74 Å². The van der Waals surface area contributed by atoms with Crippen molar-refractivity contribution in [2.45, 2.75) is 25.2 Å². The molecule has 1 heterocycles. The maximum Gasteiger partial charge on any atom is 0.359 e. The second kappa shape index (κ2) is 4.63. The maximum atomic E-state index is 13.9. The van der Waals surface area contributed by atoms with E-state index in [1.807, 2.05) is 0 Å². The fraction of sp³-hybridized carbons (Fsp3) is 0.375. The van der Waals surface area contributed by atoms with E-state index in [-0.39, 0.29) is 17.8 Å². The van der Waals surface area contributed by atoms with Crippen LogP contribution in [0, 0.1) is 17.6 Å². The number of H-pyrrole nitrogens is 1. The van der Waals surface area contributed by atoms with Crippen molar-refractivity contribution in [2.75, 3.05) is 6.61 Å². The summed E-state index contributed by atoms with van der Waals surface area (Å²) in [6.45, 7) is 2.05. The summed E-state index contributed by atoms with van der Waals surface area (Å²) in [5.74, 6) is -1.09. The number of rotatable bonds is 3. The third-order valence-electron chi connectivity index (χ3n) is 4.63. The van der Waals surface area contributed by atoms with E-state index in [9.17, 15) is 13.6 Å². The number of ether oxygens (including phenoxy) is 1. The van der Waals surface area contributed by atoms with Crippen LogP contribution in [0.5, 0.6) is 0 Å². The van der Waals surface area contributed by atoms with Gasteiger partial charge in [-0.25, -0.2) is 13.6 Å². The number of nitrogens with zero attached hydrogens (tertiary/aromatic N) is 1. The topological polar surface area (TPSA) is 55.0 Å². The second-order valence-electron chi connectivity index (χ2n) is 5.77. The first kappa shape index (κ1) is 13.4. The molecule has 6 heteroatoms. The van der Waals surface area contributed by atoms with Crippen molar-refractivity contribution in [1.82, 2.24) is 10.2 Å². The number of nitrogens with one attached hydrogen (secondary N) is 1. The zero-order chi connectivity index (χ0) is 15.4. The summed E-state index contributed by atoms with van der Waals surface area (Å²) in [6.07, 6.45) is 0.673. The Bertz CT molecular complexity index is 772. The zero-order valence-corrected chi connectivity index (χ0v) is 11.9. The van der Waals surface area contributed by atoms with E-state index in [0.29, 0.717) is 24.3 Å². The average molecular weight is 304 g/mol. The largest absolute Gasteiger partial charge is 0.461 e. The highest BCUT2D eigenvalue weighted by Gasteiger charge is 2.59. The Morgan fingerprint density at radius 3 is 2.95 bits per heavy atom. The summed E-state index contributed by atoms with van der Waals surface area (Å²) < 4.78 is 31.9. The van der Waals surface area contributed by atoms with Gasteiger partial charge in [-0.15, -0.1) is 0 Å². The molecule has 2 aliphatic rings. The van der Waals surface area contributed by atoms with Crippen LogP contribution >= 0.6 is 0 Å². The van der Waals surface area contributed by atoms with Crippen molar-refractivity contribution in [1.29, 1.82) is 0 Å². The molecule has 114 valence electrons. The van der Waals surface area contributed by atoms with Gasteiger partial charge in [0.2, 0.25) is 0 Å². The molecular weight excluding hydrogens is 290 g/mol. The Labute approximate surface area is 125 Å².